The van der Waals surface area contributed by atoms with Crippen LogP contribution in [0.2, 0.25) is 0 Å². The van der Waals surface area contributed by atoms with Gasteiger partial charge in [0.1, 0.15) is 16.8 Å². The number of aromatic carboxylic acids is 2. The van der Waals surface area contributed by atoms with Gasteiger partial charge in [0.25, 0.3) is 0 Å². The van der Waals surface area contributed by atoms with Gasteiger partial charge in [-0.05, 0) is 66.3 Å². The minimum atomic E-state index is -1.15. The van der Waals surface area contributed by atoms with Crippen LogP contribution in [0.5, 0.6) is 5.75 Å². The summed E-state index contributed by atoms with van der Waals surface area (Å²) >= 11 is 0. The number of benzene rings is 2. The van der Waals surface area contributed by atoms with Gasteiger partial charge in [-0.25, -0.2) is 24.5 Å². The number of hydrogen-bond acceptors (Lipinski definition) is 6. The zero-order valence-electron chi connectivity index (χ0n) is 22.1. The van der Waals surface area contributed by atoms with Crippen LogP contribution < -0.4 is 4.74 Å². The van der Waals surface area contributed by atoms with E-state index in [0.29, 0.717) is 40.2 Å². The van der Waals surface area contributed by atoms with Crippen LogP contribution in [0.25, 0.3) is 33.3 Å². The lowest BCUT2D eigenvalue weighted by Crippen LogP contribution is -2.08. The molecule has 3 aromatic heterocycles. The summed E-state index contributed by atoms with van der Waals surface area (Å²) < 4.78 is 7.38. The Bertz CT molecular complexity index is 1760. The molecule has 0 aliphatic rings. The van der Waals surface area contributed by atoms with E-state index in [0.717, 1.165) is 28.7 Å². The molecule has 0 saturated heterocycles. The molecule has 0 radical (unpaired) electrons. The van der Waals surface area contributed by atoms with E-state index in [1.54, 1.807) is 37.6 Å². The lowest BCUT2D eigenvalue weighted by atomic mass is 9.95. The van der Waals surface area contributed by atoms with Crippen molar-refractivity contribution in [1.29, 1.82) is 0 Å². The number of rotatable bonds is 8. The number of aromatic nitrogens is 4. The molecule has 1 atom stereocenters. The maximum Gasteiger partial charge on any atom is 0.339 e. The Kier molecular flexibility index (Phi) is 6.74. The Hall–Kier alpha value is -4.79. The van der Waals surface area contributed by atoms with Crippen LogP contribution in [-0.4, -0.2) is 48.8 Å². The van der Waals surface area contributed by atoms with E-state index in [2.05, 4.69) is 23.8 Å². The minimum absolute atomic E-state index is 0.0267. The second-order valence-electron chi connectivity index (χ2n) is 9.56. The minimum Gasteiger partial charge on any atom is -0.495 e. The summed E-state index contributed by atoms with van der Waals surface area (Å²) in [5.74, 6) is -1.76. The number of carbonyl (C=O) groups is 2. The normalized spacial score (nSPS) is 12.1. The predicted molar refractivity (Wildman–Crippen MR) is 148 cm³/mol. The molecule has 9 nitrogen and oxygen atoms in total. The fraction of sp³-hybridized carbons (Fsp3) is 0.233. The first-order valence-corrected chi connectivity index (χ1v) is 12.6. The number of imidazole rings is 1. The summed E-state index contributed by atoms with van der Waals surface area (Å²) in [7, 11) is 1.38. The summed E-state index contributed by atoms with van der Waals surface area (Å²) in [5, 5.41) is 20.3. The van der Waals surface area contributed by atoms with Crippen molar-refractivity contribution < 1.29 is 24.5 Å². The van der Waals surface area contributed by atoms with E-state index in [9.17, 15) is 19.8 Å². The second kappa shape index (κ2) is 10.2. The average Bonchev–Trinajstić information content (AvgIpc) is 3.34. The standard InChI is InChI=1S/C30H28N4O5/c1-5-16(2)19-11-12-31-28-26(19)32-15-34(28)14-18-9-10-23-22(13-18)24(30(37)38)17(3)25(33-23)20-7-6-8-21(29(35)36)27(20)39-4/h6-13,15-16H,5,14H2,1-4H3,(H,35,36)(H,37,38). The van der Waals surface area contributed by atoms with Crippen molar-refractivity contribution in [2.24, 2.45) is 0 Å². The molecule has 0 amide bonds. The van der Waals surface area contributed by atoms with Gasteiger partial charge in [-0.15, -0.1) is 0 Å². The van der Waals surface area contributed by atoms with Crippen LogP contribution >= 0.6 is 0 Å². The van der Waals surface area contributed by atoms with Crippen LogP contribution in [0.3, 0.4) is 0 Å². The Morgan fingerprint density at radius 3 is 2.56 bits per heavy atom. The molecule has 198 valence electrons. The Morgan fingerprint density at radius 2 is 1.87 bits per heavy atom. The fourth-order valence-electron chi connectivity index (χ4n) is 5.07. The summed E-state index contributed by atoms with van der Waals surface area (Å²) in [6.07, 6.45) is 4.56. The molecule has 0 aliphatic carbocycles. The Morgan fingerprint density at radius 1 is 1.08 bits per heavy atom. The van der Waals surface area contributed by atoms with E-state index in [1.807, 2.05) is 22.8 Å². The number of hydrogen-bond donors (Lipinski definition) is 2. The summed E-state index contributed by atoms with van der Waals surface area (Å²) in [6.45, 7) is 6.44. The zero-order chi connectivity index (χ0) is 27.8. The highest BCUT2D eigenvalue weighted by Crippen LogP contribution is 2.37. The maximum absolute atomic E-state index is 12.5. The van der Waals surface area contributed by atoms with Gasteiger partial charge in [0.05, 0.1) is 36.8 Å². The molecule has 0 saturated carbocycles. The van der Waals surface area contributed by atoms with Crippen molar-refractivity contribution in [3.05, 3.63) is 82.8 Å². The molecule has 2 N–H and O–H groups in total. The third-order valence-electron chi connectivity index (χ3n) is 7.24. The maximum atomic E-state index is 12.5. The molecule has 3 heterocycles. The fourth-order valence-corrected chi connectivity index (χ4v) is 5.07. The van der Waals surface area contributed by atoms with Gasteiger partial charge in [0, 0.05) is 17.1 Å². The SMILES string of the molecule is CCC(C)c1ccnc2c1ncn2Cc1ccc2nc(-c3cccc(C(=O)O)c3OC)c(C)c(C(=O)O)c2c1. The first-order chi connectivity index (χ1) is 18.7. The highest BCUT2D eigenvalue weighted by atomic mass is 16.5. The first-order valence-electron chi connectivity index (χ1n) is 12.6. The van der Waals surface area contributed by atoms with Gasteiger partial charge in [-0.1, -0.05) is 26.0 Å². The zero-order valence-corrected chi connectivity index (χ0v) is 22.1. The molecule has 39 heavy (non-hydrogen) atoms. The molecule has 1 unspecified atom stereocenters. The molecule has 5 aromatic rings. The van der Waals surface area contributed by atoms with E-state index in [1.165, 1.54) is 13.2 Å². The third kappa shape index (κ3) is 4.46. The highest BCUT2D eigenvalue weighted by molar-refractivity contribution is 6.06. The Balaban J connectivity index is 1.63. The van der Waals surface area contributed by atoms with Crippen LogP contribution in [0.15, 0.2) is 55.0 Å². The number of ether oxygens (including phenoxy) is 1. The van der Waals surface area contributed by atoms with Crippen LogP contribution in [0.1, 0.15) is 63.6 Å². The van der Waals surface area contributed by atoms with Gasteiger partial charge in [0.15, 0.2) is 5.65 Å². The summed E-state index contributed by atoms with van der Waals surface area (Å²) in [5.41, 5.74) is 5.43. The predicted octanol–water partition coefficient (Wildman–Crippen LogP) is 5.92. The number of pyridine rings is 2. The van der Waals surface area contributed by atoms with E-state index >= 15 is 0 Å². The lowest BCUT2D eigenvalue weighted by molar-refractivity contribution is 0.0684. The lowest BCUT2D eigenvalue weighted by Gasteiger charge is -2.16. The monoisotopic (exact) mass is 524 g/mol. The number of fused-ring (bicyclic) bond motifs is 2. The van der Waals surface area contributed by atoms with Gasteiger partial charge >= 0.3 is 11.9 Å². The first kappa shape index (κ1) is 25.8. The third-order valence-corrected chi connectivity index (χ3v) is 7.24. The van der Waals surface area contributed by atoms with Gasteiger partial charge in [-0.2, -0.15) is 0 Å². The van der Waals surface area contributed by atoms with Gasteiger partial charge in [0.2, 0.25) is 0 Å². The van der Waals surface area contributed by atoms with Crippen molar-refractivity contribution >= 4 is 34.0 Å². The Labute approximate surface area is 224 Å². The second-order valence-corrected chi connectivity index (χ2v) is 9.56. The van der Waals surface area contributed by atoms with E-state index in [-0.39, 0.29) is 16.9 Å². The molecule has 0 spiro atoms. The van der Waals surface area contributed by atoms with Crippen LogP contribution in [0.4, 0.5) is 0 Å². The number of para-hydroxylation sites is 1. The van der Waals surface area contributed by atoms with Crippen molar-refractivity contribution in [2.75, 3.05) is 7.11 Å². The van der Waals surface area contributed by atoms with Crippen molar-refractivity contribution in [3.8, 4) is 17.0 Å². The number of nitrogens with zero attached hydrogens (tertiary/aromatic N) is 4. The topological polar surface area (TPSA) is 127 Å². The van der Waals surface area contributed by atoms with Gasteiger partial charge in [-0.3, -0.25) is 0 Å². The van der Waals surface area contributed by atoms with Gasteiger partial charge < -0.3 is 19.5 Å². The molecule has 9 heteroatoms. The van der Waals surface area contributed by atoms with E-state index in [4.69, 9.17) is 9.72 Å². The number of methoxy groups -OCH3 is 1. The van der Waals surface area contributed by atoms with Crippen molar-refractivity contribution in [1.82, 2.24) is 19.5 Å². The molecule has 0 aliphatic heterocycles. The van der Waals surface area contributed by atoms with Crippen LogP contribution in [-0.2, 0) is 6.54 Å². The molecule has 2 aromatic carbocycles. The largest absolute Gasteiger partial charge is 0.495 e. The van der Waals surface area contributed by atoms with E-state index < -0.39 is 11.9 Å². The average molecular weight is 525 g/mol. The molecular formula is C30H28N4O5. The molecule has 0 fully saturated rings. The van der Waals surface area contributed by atoms with Crippen molar-refractivity contribution in [3.63, 3.8) is 0 Å². The molecule has 0 bridgehead atoms. The van der Waals surface area contributed by atoms with Crippen molar-refractivity contribution in [2.45, 2.75) is 39.7 Å². The molecular weight excluding hydrogens is 496 g/mol. The number of carboxylic acid groups (broad SMARTS) is 2. The number of carboxylic acids is 2. The summed E-state index contributed by atoms with van der Waals surface area (Å²) in [4.78, 5) is 38.2. The highest BCUT2D eigenvalue weighted by Gasteiger charge is 2.23. The smallest absolute Gasteiger partial charge is 0.339 e. The van der Waals surface area contributed by atoms with Crippen LogP contribution in [0, 0.1) is 6.92 Å². The quantitative estimate of drug-likeness (QED) is 0.256. The molecule has 5 rings (SSSR count). The summed E-state index contributed by atoms with van der Waals surface area (Å²) in [6, 6.07) is 12.2.